The molecule has 0 aliphatic heterocycles. The molecule has 2 fully saturated rings. The molecule has 0 atom stereocenters. The van der Waals surface area contributed by atoms with Gasteiger partial charge in [-0.25, -0.2) is 0 Å². The van der Waals surface area contributed by atoms with Crippen LogP contribution in [0.1, 0.15) is 36.0 Å². The van der Waals surface area contributed by atoms with Crippen LogP contribution in [0.4, 0.5) is 0 Å². The molecule has 0 amide bonds. The predicted octanol–water partition coefficient (Wildman–Crippen LogP) is 3.63. The van der Waals surface area contributed by atoms with Crippen molar-refractivity contribution in [2.45, 2.75) is 31.8 Å². The Hall–Kier alpha value is -1.02. The summed E-state index contributed by atoms with van der Waals surface area (Å²) in [6.07, 6.45) is 5.35. The molecule has 0 aromatic heterocycles. The topological polar surface area (TPSA) is 26.3 Å². The summed E-state index contributed by atoms with van der Waals surface area (Å²) >= 11 is 5.56. The molecule has 2 aliphatic rings. The van der Waals surface area contributed by atoms with Crippen LogP contribution in [-0.4, -0.2) is 11.3 Å². The Labute approximate surface area is 106 Å². The zero-order chi connectivity index (χ0) is 11.8. The zero-order valence-corrected chi connectivity index (χ0v) is 10.3. The lowest BCUT2D eigenvalue weighted by molar-refractivity contribution is 0.106. The van der Waals surface area contributed by atoms with E-state index < -0.39 is 5.24 Å². The fourth-order valence-electron chi connectivity index (χ4n) is 2.31. The Kier molecular flexibility index (Phi) is 2.83. The minimum Gasteiger partial charge on any atom is -0.489 e. The van der Waals surface area contributed by atoms with E-state index in [2.05, 4.69) is 0 Å². The Balaban J connectivity index is 1.80. The van der Waals surface area contributed by atoms with E-state index in [4.69, 9.17) is 16.3 Å². The first-order chi connectivity index (χ1) is 8.25. The summed E-state index contributed by atoms with van der Waals surface area (Å²) in [7, 11) is 0. The molecule has 0 N–H and O–H groups in total. The highest BCUT2D eigenvalue weighted by Crippen LogP contribution is 2.46. The lowest BCUT2D eigenvalue weighted by Crippen LogP contribution is -2.22. The zero-order valence-electron chi connectivity index (χ0n) is 9.56. The number of carbonyl (C=O) groups excluding carboxylic acids is 1. The monoisotopic (exact) mass is 250 g/mol. The van der Waals surface area contributed by atoms with Gasteiger partial charge in [-0.2, -0.15) is 0 Å². The molecule has 3 heteroatoms. The quantitative estimate of drug-likeness (QED) is 0.746. The average Bonchev–Trinajstić information content (AvgIpc) is 3.16. The SMILES string of the molecule is O=C(Cl)c1ccccc1OC(C1CC1)C1CC1. The van der Waals surface area contributed by atoms with E-state index in [0.717, 1.165) is 0 Å². The minimum absolute atomic E-state index is 0.298. The molecular formula is C14H15ClO2. The van der Waals surface area contributed by atoms with Crippen LogP contribution < -0.4 is 4.74 Å². The van der Waals surface area contributed by atoms with Gasteiger partial charge in [-0.05, 0) is 61.3 Å². The molecule has 1 aromatic rings. The van der Waals surface area contributed by atoms with Gasteiger partial charge in [0.15, 0.2) is 0 Å². The molecule has 0 heterocycles. The molecule has 3 rings (SSSR count). The highest BCUT2D eigenvalue weighted by molar-refractivity contribution is 6.68. The number of hydrogen-bond donors (Lipinski definition) is 0. The molecule has 90 valence electrons. The standard InChI is InChI=1S/C14H15ClO2/c15-14(16)11-3-1-2-4-12(11)17-13(9-5-6-9)10-7-8-10/h1-4,9-10,13H,5-8H2. The third-order valence-electron chi connectivity index (χ3n) is 3.54. The van der Waals surface area contributed by atoms with Gasteiger partial charge in [0.2, 0.25) is 0 Å². The molecule has 0 radical (unpaired) electrons. The number of para-hydroxylation sites is 1. The van der Waals surface area contributed by atoms with Crippen LogP contribution in [0.25, 0.3) is 0 Å². The van der Waals surface area contributed by atoms with Crippen molar-refractivity contribution in [3.8, 4) is 5.75 Å². The summed E-state index contributed by atoms with van der Waals surface area (Å²) in [6.45, 7) is 0. The van der Waals surface area contributed by atoms with E-state index in [1.807, 2.05) is 18.2 Å². The van der Waals surface area contributed by atoms with Gasteiger partial charge in [-0.1, -0.05) is 12.1 Å². The minimum atomic E-state index is -0.439. The fraction of sp³-hybridized carbons (Fsp3) is 0.500. The second kappa shape index (κ2) is 4.34. The molecule has 0 bridgehead atoms. The van der Waals surface area contributed by atoms with Crippen LogP contribution in [0.3, 0.4) is 0 Å². The normalized spacial score (nSPS) is 19.4. The van der Waals surface area contributed by atoms with Crippen LogP contribution in [-0.2, 0) is 0 Å². The van der Waals surface area contributed by atoms with E-state index in [1.54, 1.807) is 6.07 Å². The van der Waals surface area contributed by atoms with E-state index >= 15 is 0 Å². The summed E-state index contributed by atoms with van der Waals surface area (Å²) in [4.78, 5) is 11.3. The van der Waals surface area contributed by atoms with Gasteiger partial charge in [0.1, 0.15) is 11.9 Å². The van der Waals surface area contributed by atoms with Crippen molar-refractivity contribution in [3.05, 3.63) is 29.8 Å². The average molecular weight is 251 g/mol. The number of carbonyl (C=O) groups is 1. The second-order valence-corrected chi connectivity index (χ2v) is 5.37. The lowest BCUT2D eigenvalue weighted by Gasteiger charge is -2.19. The first-order valence-electron chi connectivity index (χ1n) is 6.21. The van der Waals surface area contributed by atoms with Crippen LogP contribution in [0.2, 0.25) is 0 Å². The van der Waals surface area contributed by atoms with Crippen LogP contribution in [0, 0.1) is 11.8 Å². The number of benzene rings is 1. The highest BCUT2D eigenvalue weighted by atomic mass is 35.5. The molecule has 0 spiro atoms. The Bertz CT molecular complexity index is 424. The van der Waals surface area contributed by atoms with Crippen LogP contribution in [0.15, 0.2) is 24.3 Å². The fourth-order valence-corrected chi connectivity index (χ4v) is 2.46. The van der Waals surface area contributed by atoms with Crippen molar-refractivity contribution < 1.29 is 9.53 Å². The highest BCUT2D eigenvalue weighted by Gasteiger charge is 2.43. The molecule has 2 saturated carbocycles. The van der Waals surface area contributed by atoms with Crippen molar-refractivity contribution in [3.63, 3.8) is 0 Å². The van der Waals surface area contributed by atoms with Crippen LogP contribution in [0.5, 0.6) is 5.75 Å². The lowest BCUT2D eigenvalue weighted by atomic mass is 10.1. The molecule has 2 aliphatic carbocycles. The summed E-state index contributed by atoms with van der Waals surface area (Å²) in [5, 5.41) is -0.439. The second-order valence-electron chi connectivity index (χ2n) is 5.03. The predicted molar refractivity (Wildman–Crippen MR) is 66.5 cm³/mol. The third-order valence-corrected chi connectivity index (χ3v) is 3.74. The summed E-state index contributed by atoms with van der Waals surface area (Å²) in [5.74, 6) is 2.04. The van der Waals surface area contributed by atoms with Gasteiger partial charge in [0.25, 0.3) is 5.24 Å². The largest absolute Gasteiger partial charge is 0.489 e. The van der Waals surface area contributed by atoms with E-state index in [-0.39, 0.29) is 0 Å². The molecule has 0 unspecified atom stereocenters. The van der Waals surface area contributed by atoms with Crippen molar-refractivity contribution in [2.75, 3.05) is 0 Å². The van der Waals surface area contributed by atoms with Crippen molar-refractivity contribution in [2.24, 2.45) is 11.8 Å². The summed E-state index contributed by atoms with van der Waals surface area (Å²) in [6, 6.07) is 7.26. The maximum atomic E-state index is 11.3. The summed E-state index contributed by atoms with van der Waals surface area (Å²) < 4.78 is 6.05. The number of hydrogen-bond acceptors (Lipinski definition) is 2. The Morgan fingerprint density at radius 3 is 2.29 bits per heavy atom. The first-order valence-corrected chi connectivity index (χ1v) is 6.59. The maximum Gasteiger partial charge on any atom is 0.256 e. The molecule has 0 saturated heterocycles. The Morgan fingerprint density at radius 1 is 1.18 bits per heavy atom. The molecular weight excluding hydrogens is 236 g/mol. The van der Waals surface area contributed by atoms with Gasteiger partial charge in [-0.3, -0.25) is 4.79 Å². The smallest absolute Gasteiger partial charge is 0.256 e. The van der Waals surface area contributed by atoms with Crippen molar-refractivity contribution in [1.82, 2.24) is 0 Å². The summed E-state index contributed by atoms with van der Waals surface area (Å²) in [5.41, 5.74) is 0.487. The number of halogens is 1. The van der Waals surface area contributed by atoms with Gasteiger partial charge in [0, 0.05) is 0 Å². The van der Waals surface area contributed by atoms with Gasteiger partial charge in [0.05, 0.1) is 5.56 Å². The maximum absolute atomic E-state index is 11.3. The van der Waals surface area contributed by atoms with E-state index in [0.29, 0.717) is 29.3 Å². The molecule has 17 heavy (non-hydrogen) atoms. The third kappa shape index (κ3) is 2.47. The van der Waals surface area contributed by atoms with Gasteiger partial charge in [-0.15, -0.1) is 0 Å². The molecule has 1 aromatic carbocycles. The van der Waals surface area contributed by atoms with Crippen molar-refractivity contribution in [1.29, 1.82) is 0 Å². The first kappa shape index (κ1) is 11.1. The van der Waals surface area contributed by atoms with Crippen LogP contribution >= 0.6 is 11.6 Å². The van der Waals surface area contributed by atoms with E-state index in [1.165, 1.54) is 25.7 Å². The van der Waals surface area contributed by atoms with Gasteiger partial charge < -0.3 is 4.74 Å². The van der Waals surface area contributed by atoms with Crippen molar-refractivity contribution >= 4 is 16.8 Å². The Morgan fingerprint density at radius 2 is 1.76 bits per heavy atom. The molecule has 2 nitrogen and oxygen atoms in total. The number of rotatable bonds is 5. The van der Waals surface area contributed by atoms with E-state index in [9.17, 15) is 4.79 Å². The van der Waals surface area contributed by atoms with Gasteiger partial charge >= 0.3 is 0 Å². The number of ether oxygens (including phenoxy) is 1.